The van der Waals surface area contributed by atoms with E-state index in [0.717, 1.165) is 19.3 Å². The zero-order valence-corrected chi connectivity index (χ0v) is 9.09. The molecule has 3 heteroatoms. The number of rotatable bonds is 1. The predicted molar refractivity (Wildman–Crippen MR) is 59.6 cm³/mol. The summed E-state index contributed by atoms with van der Waals surface area (Å²) in [4.78, 5) is 4.18. The predicted octanol–water partition coefficient (Wildman–Crippen LogP) is 2.85. The Morgan fingerprint density at radius 2 is 2.29 bits per heavy atom. The molecule has 0 amide bonds. The molecule has 0 bridgehead atoms. The molecule has 2 atom stereocenters. The van der Waals surface area contributed by atoms with Crippen LogP contribution in [0.4, 0.5) is 5.82 Å². The highest BCUT2D eigenvalue weighted by Gasteiger charge is 2.25. The third-order valence-corrected chi connectivity index (χ3v) is 3.29. The smallest absolute Gasteiger partial charge is 0.126 e. The summed E-state index contributed by atoms with van der Waals surface area (Å²) < 4.78 is 0. The number of hydrogen-bond acceptors (Lipinski definition) is 2. The molecule has 1 aromatic heterocycles. The molecule has 0 aliphatic heterocycles. The molecule has 14 heavy (non-hydrogen) atoms. The van der Waals surface area contributed by atoms with E-state index in [1.807, 2.05) is 13.1 Å². The van der Waals surface area contributed by atoms with Gasteiger partial charge in [0.25, 0.3) is 0 Å². The molecule has 1 fully saturated rings. The zero-order valence-electron chi connectivity index (χ0n) is 8.33. The van der Waals surface area contributed by atoms with Crippen LogP contribution in [0.5, 0.6) is 0 Å². The topological polar surface area (TPSA) is 38.9 Å². The van der Waals surface area contributed by atoms with Crippen molar-refractivity contribution >= 4 is 17.4 Å². The quantitative estimate of drug-likeness (QED) is 0.724. The number of nitrogens with two attached hydrogens (primary N) is 1. The molecule has 2 rings (SSSR count). The van der Waals surface area contributed by atoms with Gasteiger partial charge in [0, 0.05) is 11.6 Å². The van der Waals surface area contributed by atoms with Gasteiger partial charge in [0.2, 0.25) is 0 Å². The average Bonchev–Trinajstić information content (AvgIpc) is 2.56. The van der Waals surface area contributed by atoms with Crippen LogP contribution in [-0.2, 0) is 0 Å². The Bertz CT molecular complexity index is 338. The minimum Gasteiger partial charge on any atom is -0.383 e. The van der Waals surface area contributed by atoms with E-state index < -0.39 is 0 Å². The maximum atomic E-state index is 6.09. The second-order valence-electron chi connectivity index (χ2n) is 4.09. The summed E-state index contributed by atoms with van der Waals surface area (Å²) >= 11 is 6.09. The second kappa shape index (κ2) is 3.77. The summed E-state index contributed by atoms with van der Waals surface area (Å²) in [6.07, 6.45) is 5.09. The molecule has 0 spiro atoms. The fourth-order valence-corrected chi connectivity index (χ4v) is 2.48. The number of alkyl halides is 1. The molecule has 2 unspecified atom stereocenters. The Balaban J connectivity index is 2.27. The van der Waals surface area contributed by atoms with E-state index in [2.05, 4.69) is 11.1 Å². The van der Waals surface area contributed by atoms with Gasteiger partial charge in [-0.3, -0.25) is 0 Å². The zero-order chi connectivity index (χ0) is 10.1. The average molecular weight is 211 g/mol. The molecule has 2 nitrogen and oxygen atoms in total. The molecule has 1 aliphatic carbocycles. The summed E-state index contributed by atoms with van der Waals surface area (Å²) in [6.45, 7) is 2.04. The Morgan fingerprint density at radius 3 is 2.93 bits per heavy atom. The van der Waals surface area contributed by atoms with Gasteiger partial charge in [-0.2, -0.15) is 0 Å². The van der Waals surface area contributed by atoms with Gasteiger partial charge in [0.15, 0.2) is 0 Å². The summed E-state index contributed by atoms with van der Waals surface area (Å²) in [7, 11) is 0. The Kier molecular flexibility index (Phi) is 2.64. The van der Waals surface area contributed by atoms with E-state index in [1.54, 1.807) is 0 Å². The van der Waals surface area contributed by atoms with Crippen molar-refractivity contribution in [3.8, 4) is 0 Å². The highest BCUT2D eigenvalue weighted by Crippen LogP contribution is 2.38. The number of anilines is 1. The Morgan fingerprint density at radius 1 is 1.50 bits per heavy atom. The van der Waals surface area contributed by atoms with Crippen molar-refractivity contribution in [3.05, 3.63) is 23.4 Å². The van der Waals surface area contributed by atoms with Crippen molar-refractivity contribution in [2.75, 3.05) is 5.73 Å². The summed E-state index contributed by atoms with van der Waals surface area (Å²) in [5.74, 6) is 1.19. The van der Waals surface area contributed by atoms with Gasteiger partial charge in [-0.05, 0) is 43.2 Å². The van der Waals surface area contributed by atoms with Gasteiger partial charge in [-0.15, -0.1) is 11.6 Å². The maximum absolute atomic E-state index is 6.09. The number of nitrogens with zero attached hydrogens (tertiary/aromatic N) is 1. The van der Waals surface area contributed by atoms with Gasteiger partial charge in [0.1, 0.15) is 5.82 Å². The Hall–Kier alpha value is -0.760. The Labute approximate surface area is 89.5 Å². The van der Waals surface area contributed by atoms with E-state index in [9.17, 15) is 0 Å². The molecule has 1 heterocycles. The first kappa shape index (κ1) is 9.78. The summed E-state index contributed by atoms with van der Waals surface area (Å²) in [6, 6.07) is 2.14. The van der Waals surface area contributed by atoms with Gasteiger partial charge >= 0.3 is 0 Å². The monoisotopic (exact) mass is 210 g/mol. The second-order valence-corrected chi connectivity index (χ2v) is 4.71. The number of halogens is 1. The first-order valence-electron chi connectivity index (χ1n) is 5.03. The molecule has 76 valence electrons. The molecular weight excluding hydrogens is 196 g/mol. The molecule has 2 N–H and O–H groups in total. The van der Waals surface area contributed by atoms with Gasteiger partial charge in [-0.25, -0.2) is 4.98 Å². The first-order valence-corrected chi connectivity index (χ1v) is 5.46. The highest BCUT2D eigenvalue weighted by molar-refractivity contribution is 6.20. The van der Waals surface area contributed by atoms with Crippen LogP contribution in [0.15, 0.2) is 12.3 Å². The molecule has 0 saturated heterocycles. The van der Waals surface area contributed by atoms with Crippen molar-refractivity contribution in [3.63, 3.8) is 0 Å². The van der Waals surface area contributed by atoms with Gasteiger partial charge < -0.3 is 5.73 Å². The van der Waals surface area contributed by atoms with Crippen LogP contribution in [0, 0.1) is 6.92 Å². The summed E-state index contributed by atoms with van der Waals surface area (Å²) in [5, 5.41) is 0.319. The number of pyridine rings is 1. The van der Waals surface area contributed by atoms with Crippen molar-refractivity contribution in [2.24, 2.45) is 0 Å². The van der Waals surface area contributed by atoms with Crippen LogP contribution in [0.25, 0.3) is 0 Å². The van der Waals surface area contributed by atoms with Crippen LogP contribution < -0.4 is 5.73 Å². The lowest BCUT2D eigenvalue weighted by Crippen LogP contribution is -2.02. The van der Waals surface area contributed by atoms with Crippen molar-refractivity contribution in [1.29, 1.82) is 0 Å². The lowest BCUT2D eigenvalue weighted by Gasteiger charge is -2.12. The van der Waals surface area contributed by atoms with Crippen molar-refractivity contribution < 1.29 is 0 Å². The van der Waals surface area contributed by atoms with Crippen molar-refractivity contribution in [1.82, 2.24) is 4.98 Å². The van der Waals surface area contributed by atoms with E-state index >= 15 is 0 Å². The molecular formula is C11H15ClN2. The van der Waals surface area contributed by atoms with Crippen LogP contribution in [0.3, 0.4) is 0 Å². The lowest BCUT2D eigenvalue weighted by atomic mass is 9.97. The number of aromatic nitrogens is 1. The SMILES string of the molecule is Cc1cnc(N)c(C2CCC(Cl)C2)c1. The minimum absolute atomic E-state index is 0.319. The first-order chi connectivity index (χ1) is 6.66. The molecule has 1 saturated carbocycles. The van der Waals surface area contributed by atoms with E-state index in [0.29, 0.717) is 17.1 Å². The van der Waals surface area contributed by atoms with E-state index in [-0.39, 0.29) is 0 Å². The maximum Gasteiger partial charge on any atom is 0.126 e. The third-order valence-electron chi connectivity index (χ3n) is 2.89. The number of aryl methyl sites for hydroxylation is 1. The van der Waals surface area contributed by atoms with E-state index in [4.69, 9.17) is 17.3 Å². The molecule has 0 aromatic carbocycles. The number of hydrogen-bond donors (Lipinski definition) is 1. The van der Waals surface area contributed by atoms with Crippen LogP contribution in [0.1, 0.15) is 36.3 Å². The minimum atomic E-state index is 0.319. The van der Waals surface area contributed by atoms with Crippen LogP contribution >= 0.6 is 11.6 Å². The number of nitrogen functional groups attached to an aromatic ring is 1. The highest BCUT2D eigenvalue weighted by atomic mass is 35.5. The molecule has 0 radical (unpaired) electrons. The standard InChI is InChI=1S/C11H15ClN2/c1-7-4-10(11(13)14-6-7)8-2-3-9(12)5-8/h4,6,8-9H,2-3,5H2,1H3,(H2,13,14). The van der Waals surface area contributed by atoms with Crippen molar-refractivity contribution in [2.45, 2.75) is 37.5 Å². The largest absolute Gasteiger partial charge is 0.383 e. The third kappa shape index (κ3) is 1.85. The fourth-order valence-electron chi connectivity index (χ4n) is 2.14. The fraction of sp³-hybridized carbons (Fsp3) is 0.545. The van der Waals surface area contributed by atoms with Crippen LogP contribution in [-0.4, -0.2) is 10.4 Å². The van der Waals surface area contributed by atoms with Gasteiger partial charge in [-0.1, -0.05) is 6.07 Å². The molecule has 1 aliphatic rings. The lowest BCUT2D eigenvalue weighted by molar-refractivity contribution is 0.722. The van der Waals surface area contributed by atoms with E-state index in [1.165, 1.54) is 11.1 Å². The van der Waals surface area contributed by atoms with Gasteiger partial charge in [0.05, 0.1) is 0 Å². The summed E-state index contributed by atoms with van der Waals surface area (Å²) in [5.41, 5.74) is 8.22. The molecule has 1 aromatic rings. The normalized spacial score (nSPS) is 26.7. The van der Waals surface area contributed by atoms with Crippen LogP contribution in [0.2, 0.25) is 0 Å².